The van der Waals surface area contributed by atoms with E-state index in [1.165, 1.54) is 0 Å². The molecule has 0 heterocycles. The Labute approximate surface area is 66.1 Å². The number of phenolic OH excluding ortho intramolecular Hbond substituents is 1. The Morgan fingerprint density at radius 2 is 2.00 bits per heavy atom. The maximum atomic E-state index is 9.30. The van der Waals surface area contributed by atoms with Crippen LogP contribution in [-0.2, 0) is 0 Å². The molecule has 11 heavy (non-hydrogen) atoms. The SMILES string of the molecule is Cc1cccc(O)c1[C@H](C)O. The van der Waals surface area contributed by atoms with E-state index in [1.807, 2.05) is 13.0 Å². The van der Waals surface area contributed by atoms with Gasteiger partial charge in [-0.05, 0) is 25.5 Å². The largest absolute Gasteiger partial charge is 0.508 e. The molecule has 2 nitrogen and oxygen atoms in total. The van der Waals surface area contributed by atoms with Crippen LogP contribution in [0.3, 0.4) is 0 Å². The monoisotopic (exact) mass is 152 g/mol. The molecule has 60 valence electrons. The van der Waals surface area contributed by atoms with Gasteiger partial charge in [0.2, 0.25) is 0 Å². The van der Waals surface area contributed by atoms with Gasteiger partial charge < -0.3 is 10.2 Å². The van der Waals surface area contributed by atoms with Crippen LogP contribution in [0.2, 0.25) is 0 Å². The van der Waals surface area contributed by atoms with Crippen LogP contribution in [0.25, 0.3) is 0 Å². The van der Waals surface area contributed by atoms with E-state index in [1.54, 1.807) is 19.1 Å². The number of aryl methyl sites for hydroxylation is 1. The number of phenols is 1. The summed E-state index contributed by atoms with van der Waals surface area (Å²) in [5, 5.41) is 18.5. The summed E-state index contributed by atoms with van der Waals surface area (Å²) < 4.78 is 0. The smallest absolute Gasteiger partial charge is 0.121 e. The molecule has 0 fully saturated rings. The molecule has 0 saturated carbocycles. The number of aliphatic hydroxyl groups excluding tert-OH is 1. The molecular weight excluding hydrogens is 140 g/mol. The zero-order chi connectivity index (χ0) is 8.43. The molecule has 0 aliphatic rings. The standard InChI is InChI=1S/C9H12O2/c1-6-4-3-5-8(11)9(6)7(2)10/h3-5,7,10-11H,1-2H3/t7-/m0/s1. The second-order valence-electron chi connectivity index (χ2n) is 2.68. The van der Waals surface area contributed by atoms with Gasteiger partial charge in [0, 0.05) is 5.56 Å². The Kier molecular flexibility index (Phi) is 2.15. The summed E-state index contributed by atoms with van der Waals surface area (Å²) in [6.07, 6.45) is -0.601. The summed E-state index contributed by atoms with van der Waals surface area (Å²) in [7, 11) is 0. The maximum absolute atomic E-state index is 9.30. The number of hydrogen-bond donors (Lipinski definition) is 2. The van der Waals surface area contributed by atoms with Gasteiger partial charge in [-0.2, -0.15) is 0 Å². The Hall–Kier alpha value is -1.02. The van der Waals surface area contributed by atoms with Gasteiger partial charge in [0.05, 0.1) is 6.10 Å². The van der Waals surface area contributed by atoms with Gasteiger partial charge in [0.15, 0.2) is 0 Å². The molecule has 0 amide bonds. The molecule has 0 aliphatic carbocycles. The summed E-state index contributed by atoms with van der Waals surface area (Å²) in [4.78, 5) is 0. The summed E-state index contributed by atoms with van der Waals surface area (Å²) in [6, 6.07) is 5.20. The van der Waals surface area contributed by atoms with Gasteiger partial charge in [-0.25, -0.2) is 0 Å². The van der Waals surface area contributed by atoms with Crippen LogP contribution in [0.5, 0.6) is 5.75 Å². The van der Waals surface area contributed by atoms with E-state index >= 15 is 0 Å². The normalized spacial score (nSPS) is 13.0. The minimum atomic E-state index is -0.601. The van der Waals surface area contributed by atoms with E-state index in [-0.39, 0.29) is 5.75 Å². The van der Waals surface area contributed by atoms with E-state index in [9.17, 15) is 10.2 Å². The van der Waals surface area contributed by atoms with Crippen molar-refractivity contribution in [3.05, 3.63) is 29.3 Å². The van der Waals surface area contributed by atoms with Gasteiger partial charge in [0.25, 0.3) is 0 Å². The van der Waals surface area contributed by atoms with E-state index in [4.69, 9.17) is 0 Å². The summed E-state index contributed by atoms with van der Waals surface area (Å²) >= 11 is 0. The molecule has 2 N–H and O–H groups in total. The average Bonchev–Trinajstić information content (AvgIpc) is 1.85. The van der Waals surface area contributed by atoms with E-state index in [2.05, 4.69) is 0 Å². The highest BCUT2D eigenvalue weighted by Gasteiger charge is 2.08. The fraction of sp³-hybridized carbons (Fsp3) is 0.333. The molecule has 1 aromatic carbocycles. The van der Waals surface area contributed by atoms with Crippen LogP contribution >= 0.6 is 0 Å². The number of benzene rings is 1. The molecule has 1 atom stereocenters. The highest BCUT2D eigenvalue weighted by molar-refractivity contribution is 5.39. The summed E-state index contributed by atoms with van der Waals surface area (Å²) in [5.41, 5.74) is 1.53. The highest BCUT2D eigenvalue weighted by atomic mass is 16.3. The van der Waals surface area contributed by atoms with Crippen molar-refractivity contribution in [1.82, 2.24) is 0 Å². The zero-order valence-corrected chi connectivity index (χ0v) is 6.70. The third-order valence-corrected chi connectivity index (χ3v) is 1.72. The molecular formula is C9H12O2. The highest BCUT2D eigenvalue weighted by Crippen LogP contribution is 2.26. The summed E-state index contributed by atoms with van der Waals surface area (Å²) in [6.45, 7) is 3.50. The molecule has 1 aromatic rings. The number of aliphatic hydroxyl groups is 1. The number of rotatable bonds is 1. The lowest BCUT2D eigenvalue weighted by atomic mass is 10.0. The first kappa shape index (κ1) is 8.08. The first-order valence-corrected chi connectivity index (χ1v) is 3.59. The minimum Gasteiger partial charge on any atom is -0.508 e. The van der Waals surface area contributed by atoms with Gasteiger partial charge in [-0.3, -0.25) is 0 Å². The van der Waals surface area contributed by atoms with Gasteiger partial charge in [0.1, 0.15) is 5.75 Å². The van der Waals surface area contributed by atoms with Crippen molar-refractivity contribution in [3.63, 3.8) is 0 Å². The van der Waals surface area contributed by atoms with Crippen molar-refractivity contribution >= 4 is 0 Å². The fourth-order valence-electron chi connectivity index (χ4n) is 1.21. The molecule has 0 radical (unpaired) electrons. The first-order valence-electron chi connectivity index (χ1n) is 3.59. The molecule has 2 heteroatoms. The number of aromatic hydroxyl groups is 1. The minimum absolute atomic E-state index is 0.167. The lowest BCUT2D eigenvalue weighted by molar-refractivity contribution is 0.194. The Morgan fingerprint density at radius 1 is 1.36 bits per heavy atom. The third-order valence-electron chi connectivity index (χ3n) is 1.72. The van der Waals surface area contributed by atoms with Crippen molar-refractivity contribution in [2.24, 2.45) is 0 Å². The lowest BCUT2D eigenvalue weighted by Gasteiger charge is -2.09. The van der Waals surface area contributed by atoms with Crippen molar-refractivity contribution in [1.29, 1.82) is 0 Å². The van der Waals surface area contributed by atoms with Crippen molar-refractivity contribution in [3.8, 4) is 5.75 Å². The maximum Gasteiger partial charge on any atom is 0.121 e. The van der Waals surface area contributed by atoms with Crippen LogP contribution < -0.4 is 0 Å². The topological polar surface area (TPSA) is 40.5 Å². The molecule has 0 bridgehead atoms. The number of hydrogen-bond acceptors (Lipinski definition) is 2. The Morgan fingerprint density at radius 3 is 2.36 bits per heavy atom. The van der Waals surface area contributed by atoms with Gasteiger partial charge in [-0.1, -0.05) is 12.1 Å². The predicted molar refractivity (Wildman–Crippen MR) is 43.5 cm³/mol. The van der Waals surface area contributed by atoms with Crippen LogP contribution in [-0.4, -0.2) is 10.2 Å². The first-order chi connectivity index (χ1) is 5.13. The second kappa shape index (κ2) is 2.93. The third kappa shape index (κ3) is 1.52. The zero-order valence-electron chi connectivity index (χ0n) is 6.70. The summed E-state index contributed by atoms with van der Waals surface area (Å²) in [5.74, 6) is 0.167. The second-order valence-corrected chi connectivity index (χ2v) is 2.68. The molecule has 0 unspecified atom stereocenters. The molecule has 0 saturated heterocycles. The fourth-order valence-corrected chi connectivity index (χ4v) is 1.21. The Bertz CT molecular complexity index is 233. The molecule has 0 aromatic heterocycles. The van der Waals surface area contributed by atoms with E-state index < -0.39 is 6.10 Å². The van der Waals surface area contributed by atoms with Crippen LogP contribution in [0.4, 0.5) is 0 Å². The van der Waals surface area contributed by atoms with E-state index in [0.29, 0.717) is 5.56 Å². The van der Waals surface area contributed by atoms with Crippen molar-refractivity contribution < 1.29 is 10.2 Å². The van der Waals surface area contributed by atoms with Crippen molar-refractivity contribution in [2.45, 2.75) is 20.0 Å². The van der Waals surface area contributed by atoms with Crippen LogP contribution in [0.15, 0.2) is 18.2 Å². The predicted octanol–water partition coefficient (Wildman–Crippen LogP) is 1.75. The molecule has 0 spiro atoms. The van der Waals surface area contributed by atoms with Crippen LogP contribution in [0, 0.1) is 6.92 Å². The average molecular weight is 152 g/mol. The molecule has 0 aliphatic heterocycles. The molecule has 1 rings (SSSR count). The van der Waals surface area contributed by atoms with Crippen molar-refractivity contribution in [2.75, 3.05) is 0 Å². The van der Waals surface area contributed by atoms with Gasteiger partial charge in [-0.15, -0.1) is 0 Å². The Balaban J connectivity index is 3.21. The van der Waals surface area contributed by atoms with E-state index in [0.717, 1.165) is 5.56 Å². The lowest BCUT2D eigenvalue weighted by Crippen LogP contribution is -1.94. The quantitative estimate of drug-likeness (QED) is 0.643. The van der Waals surface area contributed by atoms with Gasteiger partial charge >= 0.3 is 0 Å². The van der Waals surface area contributed by atoms with Crippen LogP contribution in [0.1, 0.15) is 24.2 Å².